The molecule has 0 spiro atoms. The summed E-state index contributed by atoms with van der Waals surface area (Å²) in [7, 11) is 0. The Bertz CT molecular complexity index is 1690. The van der Waals surface area contributed by atoms with Crippen LogP contribution in [-0.2, 0) is 13.1 Å². The summed E-state index contributed by atoms with van der Waals surface area (Å²) >= 11 is 0. The van der Waals surface area contributed by atoms with Gasteiger partial charge in [-0.3, -0.25) is 4.98 Å². The standard InChI is InChI=1S/C33H24N2/c1-2-8-23(9-3-1)30-20-25-11-5-7-13-29(25)33-31(30)22-35(27-16-18-34-19-17-27)21-26-15-14-24-10-4-6-12-28(24)32(26)33/h1-20H,21-22H2. The van der Waals surface area contributed by atoms with Crippen molar-refractivity contribution in [2.45, 2.75) is 13.1 Å². The Morgan fingerprint density at radius 3 is 2.06 bits per heavy atom. The van der Waals surface area contributed by atoms with Crippen LogP contribution in [0.25, 0.3) is 43.8 Å². The van der Waals surface area contributed by atoms with Gasteiger partial charge in [0.25, 0.3) is 0 Å². The highest BCUT2D eigenvalue weighted by Crippen LogP contribution is 2.46. The van der Waals surface area contributed by atoms with Gasteiger partial charge in [0.1, 0.15) is 0 Å². The molecule has 166 valence electrons. The lowest BCUT2D eigenvalue weighted by atomic mass is 9.84. The summed E-state index contributed by atoms with van der Waals surface area (Å²) in [6, 6.07) is 39.7. The summed E-state index contributed by atoms with van der Waals surface area (Å²) in [4.78, 5) is 6.76. The molecular formula is C33H24N2. The highest BCUT2D eigenvalue weighted by molar-refractivity contribution is 6.10. The lowest BCUT2D eigenvalue weighted by Gasteiger charge is -2.25. The molecule has 0 bridgehead atoms. The Hall–Kier alpha value is -4.43. The maximum absolute atomic E-state index is 4.27. The molecule has 0 aliphatic carbocycles. The monoisotopic (exact) mass is 448 g/mol. The lowest BCUT2D eigenvalue weighted by molar-refractivity contribution is 0.812. The molecule has 1 aromatic heterocycles. The van der Waals surface area contributed by atoms with Crippen molar-refractivity contribution < 1.29 is 0 Å². The van der Waals surface area contributed by atoms with E-state index in [9.17, 15) is 0 Å². The van der Waals surface area contributed by atoms with Crippen molar-refractivity contribution in [2.24, 2.45) is 0 Å². The van der Waals surface area contributed by atoms with Gasteiger partial charge in [0.05, 0.1) is 0 Å². The second-order valence-corrected chi connectivity index (χ2v) is 9.25. The summed E-state index contributed by atoms with van der Waals surface area (Å²) in [5.41, 5.74) is 9.22. The van der Waals surface area contributed by atoms with Crippen LogP contribution < -0.4 is 4.90 Å². The first-order chi connectivity index (χ1) is 17.4. The molecule has 0 saturated heterocycles. The molecule has 1 aliphatic heterocycles. The van der Waals surface area contributed by atoms with Crippen molar-refractivity contribution in [1.29, 1.82) is 0 Å². The fraction of sp³-hybridized carbons (Fsp3) is 0.0606. The predicted octanol–water partition coefficient (Wildman–Crippen LogP) is 8.24. The molecule has 0 saturated carbocycles. The van der Waals surface area contributed by atoms with Crippen LogP contribution in [0.3, 0.4) is 0 Å². The van der Waals surface area contributed by atoms with Crippen LogP contribution in [-0.4, -0.2) is 4.98 Å². The van der Waals surface area contributed by atoms with Crippen molar-refractivity contribution in [3.8, 4) is 22.3 Å². The summed E-state index contributed by atoms with van der Waals surface area (Å²) in [6.07, 6.45) is 3.78. The minimum atomic E-state index is 0.831. The Morgan fingerprint density at radius 1 is 0.571 bits per heavy atom. The van der Waals surface area contributed by atoms with E-state index in [-0.39, 0.29) is 0 Å². The zero-order valence-electron chi connectivity index (χ0n) is 19.4. The van der Waals surface area contributed by atoms with Crippen LogP contribution in [0.15, 0.2) is 122 Å². The molecule has 5 aromatic carbocycles. The Kier molecular flexibility index (Phi) is 4.63. The molecule has 0 radical (unpaired) electrons. The minimum absolute atomic E-state index is 0.831. The van der Waals surface area contributed by atoms with Crippen LogP contribution in [0.1, 0.15) is 11.1 Å². The summed E-state index contributed by atoms with van der Waals surface area (Å²) in [5, 5.41) is 5.19. The van der Waals surface area contributed by atoms with E-state index in [2.05, 4.69) is 119 Å². The van der Waals surface area contributed by atoms with E-state index < -0.39 is 0 Å². The molecule has 6 aromatic rings. The molecule has 0 fully saturated rings. The number of hydrogen-bond acceptors (Lipinski definition) is 2. The summed E-state index contributed by atoms with van der Waals surface area (Å²) in [5.74, 6) is 0. The third-order valence-corrected chi connectivity index (χ3v) is 7.25. The second kappa shape index (κ2) is 8.11. The van der Waals surface area contributed by atoms with Gasteiger partial charge in [0.2, 0.25) is 0 Å². The van der Waals surface area contributed by atoms with Crippen LogP contribution >= 0.6 is 0 Å². The van der Waals surface area contributed by atoms with E-state index in [0.29, 0.717) is 0 Å². The molecule has 0 N–H and O–H groups in total. The van der Waals surface area contributed by atoms with Crippen molar-refractivity contribution in [2.75, 3.05) is 4.90 Å². The van der Waals surface area contributed by atoms with Crippen molar-refractivity contribution in [1.82, 2.24) is 4.98 Å². The van der Waals surface area contributed by atoms with Crippen molar-refractivity contribution >= 4 is 27.2 Å². The van der Waals surface area contributed by atoms with E-state index in [1.54, 1.807) is 0 Å². The first-order valence-electron chi connectivity index (χ1n) is 12.1. The number of hydrogen-bond donors (Lipinski definition) is 0. The number of anilines is 1. The zero-order chi connectivity index (χ0) is 23.2. The highest BCUT2D eigenvalue weighted by atomic mass is 15.1. The third kappa shape index (κ3) is 3.30. The summed E-state index contributed by atoms with van der Waals surface area (Å²) < 4.78 is 0. The molecular weight excluding hydrogens is 424 g/mol. The van der Waals surface area contributed by atoms with Gasteiger partial charge in [0.15, 0.2) is 0 Å². The smallest absolute Gasteiger partial charge is 0.0445 e. The normalized spacial score (nSPS) is 12.9. The fourth-order valence-corrected chi connectivity index (χ4v) is 5.65. The van der Waals surface area contributed by atoms with Gasteiger partial charge < -0.3 is 4.90 Å². The number of fused-ring (bicyclic) bond motifs is 7. The Balaban J connectivity index is 1.64. The van der Waals surface area contributed by atoms with Gasteiger partial charge >= 0.3 is 0 Å². The molecule has 0 amide bonds. The maximum atomic E-state index is 4.27. The quantitative estimate of drug-likeness (QED) is 0.265. The van der Waals surface area contributed by atoms with Gasteiger partial charge in [-0.25, -0.2) is 0 Å². The number of rotatable bonds is 2. The van der Waals surface area contributed by atoms with Crippen LogP contribution in [0.2, 0.25) is 0 Å². The summed E-state index contributed by atoms with van der Waals surface area (Å²) in [6.45, 7) is 1.68. The van der Waals surface area contributed by atoms with Crippen LogP contribution in [0, 0.1) is 0 Å². The maximum Gasteiger partial charge on any atom is 0.0445 e. The predicted molar refractivity (Wildman–Crippen MR) is 146 cm³/mol. The average Bonchev–Trinajstić information content (AvgIpc) is 3.11. The van der Waals surface area contributed by atoms with Gasteiger partial charge in [-0.05, 0) is 73.1 Å². The number of benzene rings is 5. The molecule has 2 nitrogen and oxygen atoms in total. The van der Waals surface area contributed by atoms with Gasteiger partial charge in [-0.2, -0.15) is 0 Å². The SMILES string of the molecule is c1ccc(-c2cc3ccccc3c3c2CN(c2ccncc2)Cc2ccc4ccccc4c2-3)cc1. The van der Waals surface area contributed by atoms with Crippen molar-refractivity contribution in [3.05, 3.63) is 133 Å². The van der Waals surface area contributed by atoms with Gasteiger partial charge in [0, 0.05) is 31.2 Å². The van der Waals surface area contributed by atoms with Gasteiger partial charge in [-0.15, -0.1) is 0 Å². The van der Waals surface area contributed by atoms with E-state index in [1.165, 1.54) is 60.6 Å². The van der Waals surface area contributed by atoms with Crippen molar-refractivity contribution in [3.63, 3.8) is 0 Å². The van der Waals surface area contributed by atoms with E-state index in [4.69, 9.17) is 0 Å². The first kappa shape index (κ1) is 20.0. The number of pyridine rings is 1. The number of nitrogens with zero attached hydrogens (tertiary/aromatic N) is 2. The lowest BCUT2D eigenvalue weighted by Crippen LogP contribution is -2.21. The average molecular weight is 449 g/mol. The molecule has 7 rings (SSSR count). The minimum Gasteiger partial charge on any atom is -0.363 e. The van der Waals surface area contributed by atoms with Crippen LogP contribution in [0.5, 0.6) is 0 Å². The third-order valence-electron chi connectivity index (χ3n) is 7.25. The second-order valence-electron chi connectivity index (χ2n) is 9.25. The largest absolute Gasteiger partial charge is 0.363 e. The van der Waals surface area contributed by atoms with Crippen LogP contribution in [0.4, 0.5) is 5.69 Å². The molecule has 0 unspecified atom stereocenters. The fourth-order valence-electron chi connectivity index (χ4n) is 5.65. The van der Waals surface area contributed by atoms with E-state index in [0.717, 1.165) is 13.1 Å². The molecule has 0 atom stereocenters. The van der Waals surface area contributed by atoms with E-state index in [1.807, 2.05) is 12.4 Å². The van der Waals surface area contributed by atoms with E-state index >= 15 is 0 Å². The van der Waals surface area contributed by atoms with Gasteiger partial charge in [-0.1, -0.05) is 91.0 Å². The Morgan fingerprint density at radius 2 is 1.26 bits per heavy atom. The first-order valence-corrected chi connectivity index (χ1v) is 12.1. The molecule has 2 heteroatoms. The molecule has 2 heterocycles. The Labute approximate surface area is 205 Å². The highest BCUT2D eigenvalue weighted by Gasteiger charge is 2.26. The number of aromatic nitrogens is 1. The zero-order valence-corrected chi connectivity index (χ0v) is 19.4. The molecule has 1 aliphatic rings. The molecule has 35 heavy (non-hydrogen) atoms. The topological polar surface area (TPSA) is 16.1 Å².